The first-order chi connectivity index (χ1) is 9.99. The number of sulfonamides is 1. The van der Waals surface area contributed by atoms with Crippen LogP contribution in [0.5, 0.6) is 5.75 Å². The summed E-state index contributed by atoms with van der Waals surface area (Å²) in [6.45, 7) is 4.60. The lowest BCUT2D eigenvalue weighted by Crippen LogP contribution is -2.24. The molecule has 0 radical (unpaired) electrons. The lowest BCUT2D eigenvalue weighted by atomic mass is 10.2. The summed E-state index contributed by atoms with van der Waals surface area (Å²) in [7, 11) is -3.58. The zero-order chi connectivity index (χ0) is 15.5. The first-order valence-electron chi connectivity index (χ1n) is 6.71. The first kappa shape index (κ1) is 16.0. The molecule has 21 heavy (non-hydrogen) atoms. The molecule has 1 heterocycles. The minimum Gasteiger partial charge on any atom is -0.492 e. The predicted molar refractivity (Wildman–Crippen MR) is 83.4 cm³/mol. The molecule has 0 amide bonds. The number of fused-ring (bicyclic) bond motifs is 1. The van der Waals surface area contributed by atoms with E-state index in [4.69, 9.17) is 16.3 Å². The average molecular weight is 329 g/mol. The quantitative estimate of drug-likeness (QED) is 0.828. The Labute approximate surface area is 129 Å². The Hall–Kier alpha value is -1.37. The molecule has 1 aromatic carbocycles. The van der Waals surface area contributed by atoms with Crippen LogP contribution >= 0.6 is 11.6 Å². The van der Waals surface area contributed by atoms with Gasteiger partial charge in [-0.2, -0.15) is 0 Å². The topological polar surface area (TPSA) is 68.3 Å². The number of ether oxygens (including phenoxy) is 1. The summed E-state index contributed by atoms with van der Waals surface area (Å²) >= 11 is 5.91. The van der Waals surface area contributed by atoms with Crippen molar-refractivity contribution in [1.82, 2.24) is 9.71 Å². The van der Waals surface area contributed by atoms with Gasteiger partial charge >= 0.3 is 0 Å². The SMILES string of the molecule is CCCNS(=O)(=O)c1ccc(OCC)c2nc(Cl)ccc12. The molecule has 5 nitrogen and oxygen atoms in total. The van der Waals surface area contributed by atoms with E-state index in [0.717, 1.165) is 6.42 Å². The second-order valence-corrected chi connectivity index (χ2v) is 6.55. The van der Waals surface area contributed by atoms with E-state index in [1.165, 1.54) is 6.07 Å². The Morgan fingerprint density at radius 2 is 2.00 bits per heavy atom. The van der Waals surface area contributed by atoms with Gasteiger partial charge in [-0.05, 0) is 37.6 Å². The molecule has 0 aliphatic heterocycles. The fraction of sp³-hybridized carbons (Fsp3) is 0.357. The molecule has 114 valence electrons. The van der Waals surface area contributed by atoms with E-state index in [1.807, 2.05) is 13.8 Å². The van der Waals surface area contributed by atoms with Gasteiger partial charge in [0.05, 0.1) is 11.5 Å². The van der Waals surface area contributed by atoms with Crippen molar-refractivity contribution in [3.05, 3.63) is 29.4 Å². The second kappa shape index (κ2) is 6.60. The standard InChI is InChI=1S/C14H17ClN2O3S/c1-3-9-16-21(18,19)12-7-6-11(20-4-2)14-10(12)5-8-13(15)17-14/h5-8,16H,3-4,9H2,1-2H3. The van der Waals surface area contributed by atoms with E-state index in [9.17, 15) is 8.42 Å². The Balaban J connectivity index is 2.64. The summed E-state index contributed by atoms with van der Waals surface area (Å²) in [5.41, 5.74) is 0.448. The van der Waals surface area contributed by atoms with Gasteiger partial charge in [0.1, 0.15) is 16.4 Å². The maximum Gasteiger partial charge on any atom is 0.241 e. The Morgan fingerprint density at radius 1 is 1.24 bits per heavy atom. The van der Waals surface area contributed by atoms with Crippen LogP contribution in [0, 0.1) is 0 Å². The number of aromatic nitrogens is 1. The molecule has 1 aromatic heterocycles. The summed E-state index contributed by atoms with van der Waals surface area (Å²) in [5, 5.41) is 0.786. The minimum absolute atomic E-state index is 0.179. The Morgan fingerprint density at radius 3 is 2.67 bits per heavy atom. The van der Waals surface area contributed by atoms with Crippen molar-refractivity contribution in [2.24, 2.45) is 0 Å². The van der Waals surface area contributed by atoms with Crippen LogP contribution in [0.3, 0.4) is 0 Å². The molecule has 0 aliphatic carbocycles. The zero-order valence-electron chi connectivity index (χ0n) is 11.9. The summed E-state index contributed by atoms with van der Waals surface area (Å²) in [5.74, 6) is 0.518. The van der Waals surface area contributed by atoms with E-state index in [1.54, 1.807) is 18.2 Å². The molecular weight excluding hydrogens is 312 g/mol. The van der Waals surface area contributed by atoms with E-state index < -0.39 is 10.0 Å². The van der Waals surface area contributed by atoms with Crippen LogP contribution in [0.15, 0.2) is 29.2 Å². The van der Waals surface area contributed by atoms with Gasteiger partial charge < -0.3 is 4.74 Å². The maximum atomic E-state index is 12.3. The van der Waals surface area contributed by atoms with Crippen molar-refractivity contribution >= 4 is 32.5 Å². The molecule has 2 aromatic rings. The number of benzene rings is 1. The molecule has 0 atom stereocenters. The zero-order valence-corrected chi connectivity index (χ0v) is 13.5. The van der Waals surface area contributed by atoms with Crippen LogP contribution in [0.2, 0.25) is 5.15 Å². The van der Waals surface area contributed by atoms with Crippen LogP contribution in [0.25, 0.3) is 10.9 Å². The molecule has 0 bridgehead atoms. The van der Waals surface area contributed by atoms with Crippen LogP contribution in [0.1, 0.15) is 20.3 Å². The van der Waals surface area contributed by atoms with Gasteiger partial charge in [0.2, 0.25) is 10.0 Å². The maximum absolute atomic E-state index is 12.3. The van der Waals surface area contributed by atoms with Gasteiger partial charge in [-0.1, -0.05) is 18.5 Å². The van der Waals surface area contributed by atoms with Crippen molar-refractivity contribution in [2.75, 3.05) is 13.2 Å². The summed E-state index contributed by atoms with van der Waals surface area (Å²) in [4.78, 5) is 4.38. The number of rotatable bonds is 6. The number of hydrogen-bond donors (Lipinski definition) is 1. The average Bonchev–Trinajstić information content (AvgIpc) is 2.45. The molecule has 0 spiro atoms. The Bertz CT molecular complexity index is 747. The van der Waals surface area contributed by atoms with Crippen LogP contribution < -0.4 is 9.46 Å². The van der Waals surface area contributed by atoms with E-state index >= 15 is 0 Å². The highest BCUT2D eigenvalue weighted by atomic mass is 35.5. The molecule has 0 fully saturated rings. The molecule has 2 rings (SSSR count). The number of nitrogens with one attached hydrogen (secondary N) is 1. The Kier molecular flexibility index (Phi) is 5.03. The van der Waals surface area contributed by atoms with E-state index in [2.05, 4.69) is 9.71 Å². The third-order valence-corrected chi connectivity index (χ3v) is 4.61. The molecule has 7 heteroatoms. The first-order valence-corrected chi connectivity index (χ1v) is 8.57. The number of pyridine rings is 1. The molecule has 0 saturated heterocycles. The predicted octanol–water partition coefficient (Wildman–Crippen LogP) is 2.98. The molecule has 0 aliphatic rings. The van der Waals surface area contributed by atoms with Crippen molar-refractivity contribution in [3.8, 4) is 5.75 Å². The highest BCUT2D eigenvalue weighted by Gasteiger charge is 2.19. The largest absolute Gasteiger partial charge is 0.492 e. The number of halogens is 1. The van der Waals surface area contributed by atoms with Gasteiger partial charge in [-0.25, -0.2) is 18.1 Å². The highest BCUT2D eigenvalue weighted by molar-refractivity contribution is 7.89. The van der Waals surface area contributed by atoms with Crippen molar-refractivity contribution in [3.63, 3.8) is 0 Å². The van der Waals surface area contributed by atoms with Crippen LogP contribution in [-0.2, 0) is 10.0 Å². The summed E-state index contributed by atoms with van der Waals surface area (Å²) in [6, 6.07) is 6.35. The summed E-state index contributed by atoms with van der Waals surface area (Å²) < 4.78 is 32.7. The normalized spacial score (nSPS) is 11.8. The smallest absolute Gasteiger partial charge is 0.241 e. The van der Waals surface area contributed by atoms with Gasteiger partial charge in [0, 0.05) is 11.9 Å². The van der Waals surface area contributed by atoms with Crippen LogP contribution in [-0.4, -0.2) is 26.6 Å². The number of nitrogens with zero attached hydrogens (tertiary/aromatic N) is 1. The third kappa shape index (κ3) is 3.45. The highest BCUT2D eigenvalue weighted by Crippen LogP contribution is 2.30. The van der Waals surface area contributed by atoms with Crippen molar-refractivity contribution in [1.29, 1.82) is 0 Å². The lowest BCUT2D eigenvalue weighted by Gasteiger charge is -2.12. The van der Waals surface area contributed by atoms with Crippen molar-refractivity contribution < 1.29 is 13.2 Å². The molecular formula is C14H17ClN2O3S. The lowest BCUT2D eigenvalue weighted by molar-refractivity contribution is 0.343. The van der Waals surface area contributed by atoms with Gasteiger partial charge in [0.15, 0.2) is 0 Å². The fourth-order valence-corrected chi connectivity index (χ4v) is 3.44. The van der Waals surface area contributed by atoms with Gasteiger partial charge in [-0.15, -0.1) is 0 Å². The van der Waals surface area contributed by atoms with Crippen LogP contribution in [0.4, 0.5) is 0 Å². The van der Waals surface area contributed by atoms with E-state index in [-0.39, 0.29) is 4.90 Å². The number of hydrogen-bond acceptors (Lipinski definition) is 4. The monoisotopic (exact) mass is 328 g/mol. The van der Waals surface area contributed by atoms with Gasteiger partial charge in [-0.3, -0.25) is 0 Å². The third-order valence-electron chi connectivity index (χ3n) is 2.88. The minimum atomic E-state index is -3.58. The molecule has 0 unspecified atom stereocenters. The second-order valence-electron chi connectivity index (χ2n) is 4.42. The van der Waals surface area contributed by atoms with Crippen molar-refractivity contribution in [2.45, 2.75) is 25.2 Å². The van der Waals surface area contributed by atoms with E-state index in [0.29, 0.717) is 35.0 Å². The molecule has 0 saturated carbocycles. The summed E-state index contributed by atoms with van der Waals surface area (Å²) in [6.07, 6.45) is 0.721. The fourth-order valence-electron chi connectivity index (χ4n) is 1.96. The van der Waals surface area contributed by atoms with Gasteiger partial charge in [0.25, 0.3) is 0 Å². The molecule has 1 N–H and O–H groups in total.